The summed E-state index contributed by atoms with van der Waals surface area (Å²) in [4.78, 5) is 0. The van der Waals surface area contributed by atoms with E-state index < -0.39 is 0 Å². The van der Waals surface area contributed by atoms with Gasteiger partial charge in [-0.05, 0) is 28.9 Å². The zero-order valence-corrected chi connectivity index (χ0v) is 10.1. The minimum atomic E-state index is 0.557. The highest BCUT2D eigenvalue weighted by Gasteiger charge is 2.11. The van der Waals surface area contributed by atoms with E-state index in [9.17, 15) is 0 Å². The topological polar surface area (TPSA) is 22.4 Å². The fraction of sp³-hybridized carbons (Fsp3) is 0.200. The molecule has 0 aliphatic carbocycles. The van der Waals surface area contributed by atoms with E-state index >= 15 is 0 Å². The third-order valence-electron chi connectivity index (χ3n) is 2.15. The fourth-order valence-corrected chi connectivity index (χ4v) is 1.97. The summed E-state index contributed by atoms with van der Waals surface area (Å²) in [6.45, 7) is 1.98. The third-order valence-corrected chi connectivity index (χ3v) is 3.20. The molecule has 0 amide bonds. The van der Waals surface area contributed by atoms with Crippen LogP contribution in [0.15, 0.2) is 21.2 Å². The van der Waals surface area contributed by atoms with Gasteiger partial charge >= 0.3 is 0 Å². The first-order chi connectivity index (χ1) is 6.63. The van der Waals surface area contributed by atoms with Gasteiger partial charge in [0.1, 0.15) is 11.3 Å². The van der Waals surface area contributed by atoms with Crippen molar-refractivity contribution in [2.75, 3.05) is 7.11 Å². The van der Waals surface area contributed by atoms with E-state index in [-0.39, 0.29) is 0 Å². The summed E-state index contributed by atoms with van der Waals surface area (Å²) in [5, 5.41) is 1.57. The zero-order chi connectivity index (χ0) is 10.3. The highest BCUT2D eigenvalue weighted by Crippen LogP contribution is 2.35. The van der Waals surface area contributed by atoms with Crippen LogP contribution in [0.3, 0.4) is 0 Å². The lowest BCUT2D eigenvalue weighted by Crippen LogP contribution is -1.83. The number of furan rings is 1. The summed E-state index contributed by atoms with van der Waals surface area (Å²) < 4.78 is 11.3. The van der Waals surface area contributed by atoms with Crippen LogP contribution >= 0.6 is 27.5 Å². The number of hydrogen-bond acceptors (Lipinski definition) is 2. The first kappa shape index (κ1) is 9.87. The van der Waals surface area contributed by atoms with Crippen molar-refractivity contribution in [2.24, 2.45) is 0 Å². The molecular weight excluding hydrogens is 267 g/mol. The van der Waals surface area contributed by atoms with E-state index in [2.05, 4.69) is 15.9 Å². The summed E-state index contributed by atoms with van der Waals surface area (Å²) in [6.07, 6.45) is 0. The van der Waals surface area contributed by atoms with Crippen LogP contribution in [0.25, 0.3) is 11.0 Å². The predicted octanol–water partition coefficient (Wildman–Crippen LogP) is 4.17. The van der Waals surface area contributed by atoms with Crippen molar-refractivity contribution in [1.82, 2.24) is 0 Å². The van der Waals surface area contributed by atoms with E-state index in [1.54, 1.807) is 13.2 Å². The molecule has 0 unspecified atom stereocenters. The van der Waals surface area contributed by atoms with E-state index in [4.69, 9.17) is 20.8 Å². The molecule has 0 radical (unpaired) electrons. The Balaban J connectivity index is 2.80. The highest BCUT2D eigenvalue weighted by atomic mass is 79.9. The van der Waals surface area contributed by atoms with Gasteiger partial charge in [-0.2, -0.15) is 0 Å². The maximum absolute atomic E-state index is 5.96. The Morgan fingerprint density at radius 2 is 2.14 bits per heavy atom. The largest absolute Gasteiger partial charge is 0.495 e. The molecule has 0 fully saturated rings. The molecule has 0 spiro atoms. The number of halogens is 2. The first-order valence-electron chi connectivity index (χ1n) is 4.05. The maximum atomic E-state index is 5.96. The minimum absolute atomic E-state index is 0.557. The molecule has 0 aliphatic rings. The van der Waals surface area contributed by atoms with Crippen molar-refractivity contribution in [3.8, 4) is 5.75 Å². The average molecular weight is 276 g/mol. The third kappa shape index (κ3) is 1.41. The minimum Gasteiger partial charge on any atom is -0.495 e. The molecule has 1 aromatic carbocycles. The van der Waals surface area contributed by atoms with Gasteiger partial charge < -0.3 is 9.15 Å². The van der Waals surface area contributed by atoms with Crippen LogP contribution in [0.2, 0.25) is 5.02 Å². The normalized spacial score (nSPS) is 10.9. The van der Waals surface area contributed by atoms with Crippen LogP contribution in [0.4, 0.5) is 0 Å². The standard InChI is InChI=1S/C10H8BrClO2/c1-5-6-3-9(13-2)7(12)4-8(6)14-10(5)11/h3-4H,1-2H3. The van der Waals surface area contributed by atoms with Gasteiger partial charge in [0.05, 0.1) is 12.1 Å². The molecule has 0 atom stereocenters. The van der Waals surface area contributed by atoms with E-state index in [1.165, 1.54) is 0 Å². The molecule has 0 N–H and O–H groups in total. The monoisotopic (exact) mass is 274 g/mol. The summed E-state index contributed by atoms with van der Waals surface area (Å²) in [5.74, 6) is 0.663. The SMILES string of the molecule is COc1cc2c(C)c(Br)oc2cc1Cl. The van der Waals surface area contributed by atoms with Crippen LogP contribution in [0, 0.1) is 6.92 Å². The van der Waals surface area contributed by atoms with Gasteiger partial charge in [-0.1, -0.05) is 11.6 Å². The molecule has 2 rings (SSSR count). The van der Waals surface area contributed by atoms with Gasteiger partial charge in [0.2, 0.25) is 0 Å². The average Bonchev–Trinajstić information content (AvgIpc) is 2.41. The number of rotatable bonds is 1. The molecule has 0 saturated heterocycles. The van der Waals surface area contributed by atoms with Crippen molar-refractivity contribution < 1.29 is 9.15 Å². The van der Waals surface area contributed by atoms with Crippen LogP contribution in [0.1, 0.15) is 5.56 Å². The summed E-state index contributed by atoms with van der Waals surface area (Å²) in [6, 6.07) is 3.63. The molecule has 0 bridgehead atoms. The number of benzene rings is 1. The molecule has 1 heterocycles. The van der Waals surface area contributed by atoms with Gasteiger partial charge in [0.15, 0.2) is 4.67 Å². The van der Waals surface area contributed by atoms with Gasteiger partial charge in [0.25, 0.3) is 0 Å². The molecule has 0 saturated carbocycles. The van der Waals surface area contributed by atoms with Crippen molar-refractivity contribution in [3.63, 3.8) is 0 Å². The molecule has 2 aromatic rings. The van der Waals surface area contributed by atoms with Crippen molar-refractivity contribution >= 4 is 38.5 Å². The second-order valence-electron chi connectivity index (χ2n) is 2.98. The Labute approximate surface area is 94.9 Å². The highest BCUT2D eigenvalue weighted by molar-refractivity contribution is 9.10. The van der Waals surface area contributed by atoms with Gasteiger partial charge in [-0.15, -0.1) is 0 Å². The van der Waals surface area contributed by atoms with E-state index in [0.717, 1.165) is 21.2 Å². The molecule has 14 heavy (non-hydrogen) atoms. The predicted molar refractivity (Wildman–Crippen MR) is 60.2 cm³/mol. The van der Waals surface area contributed by atoms with Crippen LogP contribution < -0.4 is 4.74 Å². The number of methoxy groups -OCH3 is 1. The molecule has 74 valence electrons. The second kappa shape index (κ2) is 3.48. The Morgan fingerprint density at radius 3 is 2.79 bits per heavy atom. The number of aryl methyl sites for hydroxylation is 1. The summed E-state index contributed by atoms with van der Waals surface area (Å²) in [5.41, 5.74) is 1.81. The summed E-state index contributed by atoms with van der Waals surface area (Å²) in [7, 11) is 1.59. The van der Waals surface area contributed by atoms with Crippen molar-refractivity contribution in [1.29, 1.82) is 0 Å². The lowest BCUT2D eigenvalue weighted by Gasteiger charge is -2.01. The summed E-state index contributed by atoms with van der Waals surface area (Å²) >= 11 is 9.29. The van der Waals surface area contributed by atoms with Crippen LogP contribution in [-0.4, -0.2) is 7.11 Å². The molecule has 1 aromatic heterocycles. The Bertz CT molecular complexity index is 490. The maximum Gasteiger partial charge on any atom is 0.173 e. The Hall–Kier alpha value is -0.670. The number of hydrogen-bond donors (Lipinski definition) is 0. The van der Waals surface area contributed by atoms with Gasteiger partial charge in [0, 0.05) is 17.0 Å². The fourth-order valence-electron chi connectivity index (χ4n) is 1.35. The lowest BCUT2D eigenvalue weighted by molar-refractivity contribution is 0.415. The molecule has 2 nitrogen and oxygen atoms in total. The van der Waals surface area contributed by atoms with Crippen LogP contribution in [0.5, 0.6) is 5.75 Å². The zero-order valence-electron chi connectivity index (χ0n) is 7.73. The van der Waals surface area contributed by atoms with Crippen molar-refractivity contribution in [3.05, 3.63) is 27.4 Å². The van der Waals surface area contributed by atoms with Gasteiger partial charge in [-0.3, -0.25) is 0 Å². The second-order valence-corrected chi connectivity index (χ2v) is 4.11. The number of ether oxygens (including phenoxy) is 1. The van der Waals surface area contributed by atoms with E-state index in [0.29, 0.717) is 10.8 Å². The molecular formula is C10H8BrClO2. The van der Waals surface area contributed by atoms with Crippen molar-refractivity contribution in [2.45, 2.75) is 6.92 Å². The number of fused-ring (bicyclic) bond motifs is 1. The lowest BCUT2D eigenvalue weighted by atomic mass is 10.2. The smallest absolute Gasteiger partial charge is 0.173 e. The molecule has 0 aliphatic heterocycles. The Morgan fingerprint density at radius 1 is 1.43 bits per heavy atom. The Kier molecular flexibility index (Phi) is 2.45. The first-order valence-corrected chi connectivity index (χ1v) is 5.22. The van der Waals surface area contributed by atoms with Crippen LogP contribution in [-0.2, 0) is 0 Å². The molecule has 4 heteroatoms. The van der Waals surface area contributed by atoms with Gasteiger partial charge in [-0.25, -0.2) is 0 Å². The van der Waals surface area contributed by atoms with E-state index in [1.807, 2.05) is 13.0 Å². The quantitative estimate of drug-likeness (QED) is 0.779.